The number of pyridine rings is 1. The molecular formula is C10H5ClF3N3. The average molecular weight is 260 g/mol. The number of halogens is 4. The molecule has 2 rings (SSSR count). The van der Waals surface area contributed by atoms with E-state index in [-0.39, 0.29) is 10.8 Å². The summed E-state index contributed by atoms with van der Waals surface area (Å²) in [5.41, 5.74) is 0.606. The molecule has 2 aromatic heterocycles. The van der Waals surface area contributed by atoms with Crippen molar-refractivity contribution in [3.63, 3.8) is 0 Å². The molecule has 0 radical (unpaired) electrons. The molecule has 88 valence electrons. The van der Waals surface area contributed by atoms with Crippen LogP contribution in [-0.2, 0) is 6.18 Å². The molecule has 0 amide bonds. The van der Waals surface area contributed by atoms with E-state index in [2.05, 4.69) is 15.0 Å². The lowest BCUT2D eigenvalue weighted by Crippen LogP contribution is -2.11. The van der Waals surface area contributed by atoms with Gasteiger partial charge >= 0.3 is 6.18 Å². The fourth-order valence-corrected chi connectivity index (χ4v) is 1.40. The fourth-order valence-electron chi connectivity index (χ4n) is 1.21. The highest BCUT2D eigenvalue weighted by Crippen LogP contribution is 2.29. The van der Waals surface area contributed by atoms with Crippen LogP contribution in [0.1, 0.15) is 5.82 Å². The minimum atomic E-state index is -4.62. The van der Waals surface area contributed by atoms with Gasteiger partial charge in [-0.1, -0.05) is 11.6 Å². The van der Waals surface area contributed by atoms with E-state index in [1.54, 1.807) is 12.1 Å². The first kappa shape index (κ1) is 11.8. The summed E-state index contributed by atoms with van der Waals surface area (Å²) in [4.78, 5) is 10.3. The van der Waals surface area contributed by atoms with E-state index in [1.165, 1.54) is 18.5 Å². The van der Waals surface area contributed by atoms with Gasteiger partial charge in [-0.2, -0.15) is 13.2 Å². The zero-order chi connectivity index (χ0) is 12.5. The number of hydrogen-bond donors (Lipinski definition) is 0. The van der Waals surface area contributed by atoms with Crippen LogP contribution in [0, 0.1) is 0 Å². The molecule has 2 aromatic rings. The first-order valence-corrected chi connectivity index (χ1v) is 4.87. The van der Waals surface area contributed by atoms with E-state index < -0.39 is 12.0 Å². The Kier molecular flexibility index (Phi) is 2.97. The minimum absolute atomic E-state index is 0.111. The molecule has 0 N–H and O–H groups in total. The molecule has 0 aliphatic carbocycles. The van der Waals surface area contributed by atoms with E-state index in [1.807, 2.05) is 0 Å². The summed E-state index contributed by atoms with van der Waals surface area (Å²) in [6, 6.07) is 4.35. The Labute approximate surface area is 99.3 Å². The van der Waals surface area contributed by atoms with E-state index in [0.29, 0.717) is 5.56 Å². The van der Waals surface area contributed by atoms with Crippen molar-refractivity contribution in [2.75, 3.05) is 0 Å². The van der Waals surface area contributed by atoms with Gasteiger partial charge in [0, 0.05) is 24.0 Å². The number of rotatable bonds is 1. The third-order valence-electron chi connectivity index (χ3n) is 1.92. The van der Waals surface area contributed by atoms with Crippen molar-refractivity contribution in [1.82, 2.24) is 15.0 Å². The van der Waals surface area contributed by atoms with Crippen molar-refractivity contribution in [2.24, 2.45) is 0 Å². The highest BCUT2D eigenvalue weighted by atomic mass is 35.5. The van der Waals surface area contributed by atoms with Crippen molar-refractivity contribution >= 4 is 11.6 Å². The number of hydrogen-bond acceptors (Lipinski definition) is 3. The topological polar surface area (TPSA) is 38.7 Å². The van der Waals surface area contributed by atoms with Crippen LogP contribution in [0.2, 0.25) is 5.15 Å². The maximum Gasteiger partial charge on any atom is 0.451 e. The minimum Gasteiger partial charge on any atom is -0.265 e. The van der Waals surface area contributed by atoms with Crippen LogP contribution < -0.4 is 0 Å². The summed E-state index contributed by atoms with van der Waals surface area (Å²) in [7, 11) is 0. The van der Waals surface area contributed by atoms with Crippen molar-refractivity contribution in [3.8, 4) is 11.3 Å². The molecular weight excluding hydrogens is 255 g/mol. The Morgan fingerprint density at radius 1 is 1.06 bits per heavy atom. The van der Waals surface area contributed by atoms with Crippen LogP contribution in [-0.4, -0.2) is 15.0 Å². The van der Waals surface area contributed by atoms with Crippen LogP contribution in [0.15, 0.2) is 30.6 Å². The van der Waals surface area contributed by atoms with Gasteiger partial charge in [0.25, 0.3) is 0 Å². The maximum absolute atomic E-state index is 12.5. The summed E-state index contributed by atoms with van der Waals surface area (Å²) in [6.45, 7) is 0. The first-order chi connectivity index (χ1) is 7.97. The molecule has 0 saturated carbocycles. The van der Waals surface area contributed by atoms with E-state index >= 15 is 0 Å². The Hall–Kier alpha value is -1.69. The second-order valence-electron chi connectivity index (χ2n) is 3.13. The molecule has 0 fully saturated rings. The molecule has 7 heteroatoms. The predicted molar refractivity (Wildman–Crippen MR) is 55.3 cm³/mol. The Morgan fingerprint density at radius 3 is 2.29 bits per heavy atom. The van der Waals surface area contributed by atoms with E-state index in [0.717, 1.165) is 0 Å². The van der Waals surface area contributed by atoms with Crippen LogP contribution in [0.3, 0.4) is 0 Å². The Bertz CT molecular complexity index is 528. The van der Waals surface area contributed by atoms with Gasteiger partial charge in [-0.05, 0) is 12.1 Å². The average Bonchev–Trinajstić information content (AvgIpc) is 2.28. The number of nitrogens with zero attached hydrogens (tertiary/aromatic N) is 3. The smallest absolute Gasteiger partial charge is 0.265 e. The summed E-state index contributed by atoms with van der Waals surface area (Å²) < 4.78 is 37.4. The number of alkyl halides is 3. The second-order valence-corrected chi connectivity index (χ2v) is 3.52. The van der Waals surface area contributed by atoms with Crippen molar-refractivity contribution in [3.05, 3.63) is 41.6 Å². The van der Waals surface area contributed by atoms with Gasteiger partial charge in [-0.15, -0.1) is 0 Å². The van der Waals surface area contributed by atoms with Gasteiger partial charge in [-0.3, -0.25) is 4.98 Å². The molecule has 0 saturated heterocycles. The molecule has 3 nitrogen and oxygen atoms in total. The summed E-state index contributed by atoms with van der Waals surface area (Å²) in [5.74, 6) is -1.25. The second kappa shape index (κ2) is 4.29. The van der Waals surface area contributed by atoms with Crippen molar-refractivity contribution in [1.29, 1.82) is 0 Å². The summed E-state index contributed by atoms with van der Waals surface area (Å²) in [6.07, 6.45) is -1.70. The normalized spacial score (nSPS) is 11.5. The van der Waals surface area contributed by atoms with Crippen LogP contribution in [0.4, 0.5) is 13.2 Å². The van der Waals surface area contributed by atoms with Gasteiger partial charge < -0.3 is 0 Å². The Morgan fingerprint density at radius 2 is 1.71 bits per heavy atom. The van der Waals surface area contributed by atoms with Gasteiger partial charge in [-0.25, -0.2) is 9.97 Å². The van der Waals surface area contributed by atoms with Gasteiger partial charge in [0.15, 0.2) is 0 Å². The van der Waals surface area contributed by atoms with E-state index in [9.17, 15) is 13.2 Å². The van der Waals surface area contributed by atoms with Crippen LogP contribution in [0.5, 0.6) is 0 Å². The molecule has 0 bridgehead atoms. The molecule has 0 atom stereocenters. The summed E-state index contributed by atoms with van der Waals surface area (Å²) >= 11 is 5.54. The SMILES string of the molecule is FC(F)(F)c1nc(Cl)cc(-c2ccncc2)n1. The van der Waals surface area contributed by atoms with Gasteiger partial charge in [0.2, 0.25) is 5.82 Å². The molecule has 0 aromatic carbocycles. The molecule has 0 spiro atoms. The zero-order valence-corrected chi connectivity index (χ0v) is 9.00. The molecule has 17 heavy (non-hydrogen) atoms. The number of aromatic nitrogens is 3. The van der Waals surface area contributed by atoms with Crippen LogP contribution >= 0.6 is 11.6 Å². The molecule has 0 aliphatic rings. The standard InChI is InChI=1S/C10H5ClF3N3/c11-8-5-7(6-1-3-15-4-2-6)16-9(17-8)10(12,13)14/h1-5H. The predicted octanol–water partition coefficient (Wildman–Crippen LogP) is 3.21. The maximum atomic E-state index is 12.5. The van der Waals surface area contributed by atoms with Crippen molar-refractivity contribution in [2.45, 2.75) is 6.18 Å². The molecule has 2 heterocycles. The third kappa shape index (κ3) is 2.71. The highest BCUT2D eigenvalue weighted by Gasteiger charge is 2.35. The molecule has 0 aliphatic heterocycles. The van der Waals surface area contributed by atoms with Gasteiger partial charge in [0.05, 0.1) is 5.69 Å². The van der Waals surface area contributed by atoms with Crippen LogP contribution in [0.25, 0.3) is 11.3 Å². The quantitative estimate of drug-likeness (QED) is 0.738. The lowest BCUT2D eigenvalue weighted by molar-refractivity contribution is -0.144. The lowest BCUT2D eigenvalue weighted by atomic mass is 10.2. The monoisotopic (exact) mass is 259 g/mol. The highest BCUT2D eigenvalue weighted by molar-refractivity contribution is 6.29. The molecule has 0 unspecified atom stereocenters. The third-order valence-corrected chi connectivity index (χ3v) is 2.12. The fraction of sp³-hybridized carbons (Fsp3) is 0.100. The van der Waals surface area contributed by atoms with E-state index in [4.69, 9.17) is 11.6 Å². The zero-order valence-electron chi connectivity index (χ0n) is 8.24. The van der Waals surface area contributed by atoms with Gasteiger partial charge in [0.1, 0.15) is 5.15 Å². The summed E-state index contributed by atoms with van der Waals surface area (Å²) in [5, 5.41) is -0.251. The Balaban J connectivity index is 2.54. The first-order valence-electron chi connectivity index (χ1n) is 4.49. The van der Waals surface area contributed by atoms with Crippen molar-refractivity contribution < 1.29 is 13.2 Å². The largest absolute Gasteiger partial charge is 0.451 e. The lowest BCUT2D eigenvalue weighted by Gasteiger charge is -2.07.